The highest BCUT2D eigenvalue weighted by Crippen LogP contribution is 2.22. The summed E-state index contributed by atoms with van der Waals surface area (Å²) in [7, 11) is -3.70. The highest BCUT2D eigenvalue weighted by Gasteiger charge is 2.21. The minimum absolute atomic E-state index is 0.0500. The maximum Gasteiger partial charge on any atom is 0.272 e. The van der Waals surface area contributed by atoms with E-state index in [-0.39, 0.29) is 10.8 Å². The van der Waals surface area contributed by atoms with Crippen molar-refractivity contribution in [3.8, 4) is 0 Å². The maximum atomic E-state index is 12.3. The molecule has 1 aliphatic rings. The van der Waals surface area contributed by atoms with E-state index in [1.165, 1.54) is 12.1 Å². The molecule has 0 spiro atoms. The molecule has 1 aromatic heterocycles. The summed E-state index contributed by atoms with van der Waals surface area (Å²) in [6, 6.07) is 6.10. The summed E-state index contributed by atoms with van der Waals surface area (Å²) in [5.41, 5.74) is 3.31. The molecule has 0 bridgehead atoms. The van der Waals surface area contributed by atoms with Crippen LogP contribution in [-0.4, -0.2) is 24.5 Å². The number of hydrogen-bond acceptors (Lipinski definition) is 4. The Morgan fingerprint density at radius 3 is 2.61 bits per heavy atom. The first-order valence-electron chi connectivity index (χ1n) is 7.41. The lowest BCUT2D eigenvalue weighted by Crippen LogP contribution is -2.24. The summed E-state index contributed by atoms with van der Waals surface area (Å²) < 4.78 is 22.4. The Bertz CT molecular complexity index is 825. The van der Waals surface area contributed by atoms with E-state index in [0.717, 1.165) is 42.5 Å². The van der Waals surface area contributed by atoms with Gasteiger partial charge in [-0.2, -0.15) is 5.10 Å². The zero-order valence-corrected chi connectivity index (χ0v) is 13.3. The number of hydrogen-bond donors (Lipinski definition) is 3. The number of fused-ring (bicyclic) bond motifs is 1. The Morgan fingerprint density at radius 1 is 1.22 bits per heavy atom. The molecule has 1 amide bonds. The summed E-state index contributed by atoms with van der Waals surface area (Å²) >= 11 is 0. The Kier molecular flexibility index (Phi) is 4.18. The molecule has 4 N–H and O–H groups in total. The van der Waals surface area contributed by atoms with Crippen LogP contribution < -0.4 is 10.5 Å². The van der Waals surface area contributed by atoms with E-state index in [4.69, 9.17) is 5.14 Å². The summed E-state index contributed by atoms with van der Waals surface area (Å²) in [6.45, 7) is 0.297. The third-order valence-electron chi connectivity index (χ3n) is 3.98. The zero-order valence-electron chi connectivity index (χ0n) is 12.5. The number of aromatic nitrogens is 2. The number of nitrogens with one attached hydrogen (secondary N) is 2. The first-order valence-corrected chi connectivity index (χ1v) is 8.96. The number of nitrogens with two attached hydrogens (primary N) is 1. The minimum atomic E-state index is -3.70. The number of carbonyl (C=O) groups excluding carboxylic acids is 1. The van der Waals surface area contributed by atoms with Gasteiger partial charge < -0.3 is 5.32 Å². The van der Waals surface area contributed by atoms with Gasteiger partial charge >= 0.3 is 0 Å². The Labute approximate surface area is 134 Å². The number of rotatable bonds is 4. The number of primary sulfonamides is 1. The predicted molar refractivity (Wildman–Crippen MR) is 84.2 cm³/mol. The van der Waals surface area contributed by atoms with Gasteiger partial charge in [0.25, 0.3) is 5.91 Å². The van der Waals surface area contributed by atoms with Crippen LogP contribution in [0.3, 0.4) is 0 Å². The molecule has 0 fully saturated rings. The van der Waals surface area contributed by atoms with E-state index in [1.54, 1.807) is 12.1 Å². The second-order valence-electron chi connectivity index (χ2n) is 5.61. The van der Waals surface area contributed by atoms with E-state index < -0.39 is 10.0 Å². The van der Waals surface area contributed by atoms with Gasteiger partial charge in [0.2, 0.25) is 10.0 Å². The van der Waals surface area contributed by atoms with E-state index in [2.05, 4.69) is 15.5 Å². The van der Waals surface area contributed by atoms with E-state index in [1.807, 2.05) is 0 Å². The van der Waals surface area contributed by atoms with Crippen LogP contribution >= 0.6 is 0 Å². The van der Waals surface area contributed by atoms with E-state index in [0.29, 0.717) is 12.2 Å². The van der Waals surface area contributed by atoms with Gasteiger partial charge in [0.1, 0.15) is 0 Å². The van der Waals surface area contributed by atoms with Gasteiger partial charge in [-0.3, -0.25) is 9.89 Å². The summed E-state index contributed by atoms with van der Waals surface area (Å²) in [5.74, 6) is -0.222. The number of aromatic amines is 1. The fraction of sp³-hybridized carbons (Fsp3) is 0.333. The van der Waals surface area contributed by atoms with Gasteiger partial charge in [-0.15, -0.1) is 0 Å². The Hall–Kier alpha value is -2.19. The normalized spacial score (nSPS) is 14.3. The highest BCUT2D eigenvalue weighted by molar-refractivity contribution is 7.89. The van der Waals surface area contributed by atoms with Gasteiger partial charge in [0.15, 0.2) is 5.69 Å². The Balaban J connectivity index is 1.66. The number of H-pyrrole nitrogens is 1. The third-order valence-corrected chi connectivity index (χ3v) is 4.91. The molecular formula is C15H18N4O3S. The molecule has 0 atom stereocenters. The predicted octanol–water partition coefficient (Wildman–Crippen LogP) is 0.866. The summed E-state index contributed by atoms with van der Waals surface area (Å²) in [6.07, 6.45) is 4.00. The maximum absolute atomic E-state index is 12.3. The second-order valence-corrected chi connectivity index (χ2v) is 7.17. The van der Waals surface area contributed by atoms with Crippen molar-refractivity contribution in [3.63, 3.8) is 0 Å². The zero-order chi connectivity index (χ0) is 16.4. The highest BCUT2D eigenvalue weighted by atomic mass is 32.2. The molecule has 1 aromatic carbocycles. The molecule has 1 aliphatic carbocycles. The van der Waals surface area contributed by atoms with Crippen molar-refractivity contribution in [3.05, 3.63) is 46.8 Å². The van der Waals surface area contributed by atoms with Crippen molar-refractivity contribution in [1.82, 2.24) is 15.5 Å². The Morgan fingerprint density at radius 2 is 1.91 bits per heavy atom. The van der Waals surface area contributed by atoms with Crippen molar-refractivity contribution < 1.29 is 13.2 Å². The average Bonchev–Trinajstić information content (AvgIpc) is 2.96. The number of aryl methyl sites for hydroxylation is 1. The second kappa shape index (κ2) is 6.13. The standard InChI is InChI=1S/C15H18N4O3S/c16-23(21,22)11-7-5-10(6-8-11)9-17-15(20)14-12-3-1-2-4-13(12)18-19-14/h5-8H,1-4,9H2,(H,17,20)(H,18,19)(H2,16,21,22). The number of sulfonamides is 1. The van der Waals surface area contributed by atoms with Crippen molar-refractivity contribution in [2.75, 3.05) is 0 Å². The molecule has 23 heavy (non-hydrogen) atoms. The van der Waals surface area contributed by atoms with Gasteiger partial charge in [0, 0.05) is 17.8 Å². The van der Waals surface area contributed by atoms with Crippen LogP contribution in [0.25, 0.3) is 0 Å². The lowest BCUT2D eigenvalue weighted by molar-refractivity contribution is 0.0945. The van der Waals surface area contributed by atoms with Crippen LogP contribution in [0.5, 0.6) is 0 Å². The van der Waals surface area contributed by atoms with Gasteiger partial charge in [-0.05, 0) is 43.4 Å². The van der Waals surface area contributed by atoms with E-state index in [9.17, 15) is 13.2 Å². The van der Waals surface area contributed by atoms with Crippen molar-refractivity contribution in [2.24, 2.45) is 5.14 Å². The largest absolute Gasteiger partial charge is 0.347 e. The van der Waals surface area contributed by atoms with Gasteiger partial charge in [-0.1, -0.05) is 12.1 Å². The first-order chi connectivity index (χ1) is 10.9. The lowest BCUT2D eigenvalue weighted by atomic mass is 9.96. The minimum Gasteiger partial charge on any atom is -0.347 e. The third kappa shape index (κ3) is 3.43. The molecule has 1 heterocycles. The molecule has 3 rings (SSSR count). The smallest absolute Gasteiger partial charge is 0.272 e. The fourth-order valence-electron chi connectivity index (χ4n) is 2.73. The quantitative estimate of drug-likeness (QED) is 0.768. The van der Waals surface area contributed by atoms with Crippen molar-refractivity contribution in [2.45, 2.75) is 37.1 Å². The van der Waals surface area contributed by atoms with Crippen LogP contribution in [0.2, 0.25) is 0 Å². The fourth-order valence-corrected chi connectivity index (χ4v) is 3.25. The monoisotopic (exact) mass is 334 g/mol. The van der Waals surface area contributed by atoms with Crippen molar-refractivity contribution in [1.29, 1.82) is 0 Å². The molecule has 0 unspecified atom stereocenters. The molecule has 122 valence electrons. The molecule has 0 saturated heterocycles. The number of nitrogens with zero attached hydrogens (tertiary/aromatic N) is 1. The number of benzene rings is 1. The molecule has 7 nitrogen and oxygen atoms in total. The summed E-state index contributed by atoms with van der Waals surface area (Å²) in [4.78, 5) is 12.3. The number of amides is 1. The topological polar surface area (TPSA) is 118 Å². The van der Waals surface area contributed by atoms with Crippen LogP contribution in [0.4, 0.5) is 0 Å². The summed E-state index contributed by atoms with van der Waals surface area (Å²) in [5, 5.41) is 14.9. The van der Waals surface area contributed by atoms with E-state index >= 15 is 0 Å². The van der Waals surface area contributed by atoms with Gasteiger partial charge in [-0.25, -0.2) is 13.6 Å². The number of carbonyl (C=O) groups is 1. The lowest BCUT2D eigenvalue weighted by Gasteiger charge is -2.11. The SMILES string of the molecule is NS(=O)(=O)c1ccc(CNC(=O)c2n[nH]c3c2CCCC3)cc1. The van der Waals surface area contributed by atoms with Crippen LogP contribution in [-0.2, 0) is 29.4 Å². The average molecular weight is 334 g/mol. The first kappa shape index (κ1) is 15.7. The molecule has 0 aliphatic heterocycles. The van der Waals surface area contributed by atoms with Crippen LogP contribution in [0.1, 0.15) is 40.2 Å². The van der Waals surface area contributed by atoms with Crippen LogP contribution in [0.15, 0.2) is 29.2 Å². The molecule has 8 heteroatoms. The van der Waals surface area contributed by atoms with Gasteiger partial charge in [0.05, 0.1) is 4.90 Å². The van der Waals surface area contributed by atoms with Crippen LogP contribution in [0, 0.1) is 0 Å². The molecule has 0 saturated carbocycles. The van der Waals surface area contributed by atoms with Crippen molar-refractivity contribution >= 4 is 15.9 Å². The molecule has 2 aromatic rings. The molecule has 0 radical (unpaired) electrons. The molecular weight excluding hydrogens is 316 g/mol.